The van der Waals surface area contributed by atoms with Crippen molar-refractivity contribution in [3.05, 3.63) is 63.7 Å². The number of ether oxygens (including phenoxy) is 3. The Morgan fingerprint density at radius 3 is 2.29 bits per heavy atom. The average Bonchev–Trinajstić information content (AvgIpc) is 2.70. The third-order valence-corrected chi connectivity index (χ3v) is 4.07. The van der Waals surface area contributed by atoms with Crippen molar-refractivity contribution in [1.82, 2.24) is 4.90 Å². The summed E-state index contributed by atoms with van der Waals surface area (Å²) in [5.74, 6) is -1.09. The number of nitrogens with zero attached hydrogens (tertiary/aromatic N) is 2. The zero-order valence-electron chi connectivity index (χ0n) is 15.3. The van der Waals surface area contributed by atoms with E-state index < -0.39 is 28.6 Å². The van der Waals surface area contributed by atoms with Gasteiger partial charge in [0.2, 0.25) is 6.10 Å². The van der Waals surface area contributed by atoms with E-state index in [0.717, 1.165) is 6.07 Å². The average molecular weight is 386 g/mol. The topological polar surface area (TPSA) is 108 Å². The molecule has 1 aliphatic heterocycles. The maximum absolute atomic E-state index is 12.8. The summed E-state index contributed by atoms with van der Waals surface area (Å²) in [5.41, 5.74) is -0.352. The van der Waals surface area contributed by atoms with Crippen molar-refractivity contribution < 1.29 is 28.7 Å². The monoisotopic (exact) mass is 386 g/mol. The number of carbonyl (C=O) groups is 2. The van der Waals surface area contributed by atoms with Crippen LogP contribution >= 0.6 is 0 Å². The van der Waals surface area contributed by atoms with Crippen molar-refractivity contribution in [3.63, 3.8) is 0 Å². The minimum Gasteiger partial charge on any atom is -0.486 e. The van der Waals surface area contributed by atoms with E-state index in [9.17, 15) is 19.7 Å². The first kappa shape index (κ1) is 19.2. The molecule has 2 aromatic rings. The lowest BCUT2D eigenvalue weighted by molar-refractivity contribution is -0.385. The van der Waals surface area contributed by atoms with Crippen LogP contribution in [0.4, 0.5) is 5.69 Å². The zero-order valence-corrected chi connectivity index (χ0v) is 15.3. The Morgan fingerprint density at radius 2 is 1.71 bits per heavy atom. The molecule has 0 saturated heterocycles. The Kier molecular flexibility index (Phi) is 5.44. The molecule has 0 saturated carbocycles. The summed E-state index contributed by atoms with van der Waals surface area (Å²) < 4.78 is 16.1. The van der Waals surface area contributed by atoms with Crippen molar-refractivity contribution in [3.8, 4) is 11.5 Å². The Morgan fingerprint density at radius 1 is 1.11 bits per heavy atom. The van der Waals surface area contributed by atoms with E-state index in [2.05, 4.69) is 0 Å². The number of nitro benzene ring substituents is 1. The van der Waals surface area contributed by atoms with E-state index in [-0.39, 0.29) is 30.3 Å². The number of carbonyl (C=O) groups excluding carboxylic acids is 2. The lowest BCUT2D eigenvalue weighted by atomic mass is 10.1. The first-order valence-corrected chi connectivity index (χ1v) is 8.43. The third kappa shape index (κ3) is 3.88. The maximum atomic E-state index is 12.8. The Labute approximate surface area is 160 Å². The van der Waals surface area contributed by atoms with Gasteiger partial charge in [-0.15, -0.1) is 0 Å². The first-order chi connectivity index (χ1) is 13.4. The number of nitro groups is 1. The van der Waals surface area contributed by atoms with Crippen LogP contribution in [0.1, 0.15) is 22.0 Å². The number of likely N-dealkylation sites (N-methyl/N-ethyl adjacent to an activating group) is 1. The van der Waals surface area contributed by atoms with Gasteiger partial charge in [0.15, 0.2) is 11.5 Å². The predicted molar refractivity (Wildman–Crippen MR) is 97.4 cm³/mol. The number of esters is 1. The van der Waals surface area contributed by atoms with E-state index in [1.54, 1.807) is 30.3 Å². The fourth-order valence-electron chi connectivity index (χ4n) is 2.69. The van der Waals surface area contributed by atoms with Crippen LogP contribution in [0.5, 0.6) is 11.5 Å². The molecule has 28 heavy (non-hydrogen) atoms. The SMILES string of the molecule is CN(C)C(=O)[C@H](OC(=O)c1cc2c(cc1[N+](=O)[O-])OCCO2)c1ccccc1. The van der Waals surface area contributed by atoms with E-state index >= 15 is 0 Å². The van der Waals surface area contributed by atoms with Crippen LogP contribution in [0.3, 0.4) is 0 Å². The van der Waals surface area contributed by atoms with Gasteiger partial charge in [-0.1, -0.05) is 30.3 Å². The molecule has 0 unspecified atom stereocenters. The Hall–Kier alpha value is -3.62. The first-order valence-electron chi connectivity index (χ1n) is 8.43. The lowest BCUT2D eigenvalue weighted by Crippen LogP contribution is -2.31. The number of amides is 1. The van der Waals surface area contributed by atoms with E-state index in [4.69, 9.17) is 14.2 Å². The Bertz CT molecular complexity index is 912. The quantitative estimate of drug-likeness (QED) is 0.441. The van der Waals surface area contributed by atoms with Crippen molar-refractivity contribution in [2.45, 2.75) is 6.10 Å². The van der Waals surface area contributed by atoms with Gasteiger partial charge < -0.3 is 19.1 Å². The van der Waals surface area contributed by atoms with Gasteiger partial charge in [-0.3, -0.25) is 14.9 Å². The number of benzene rings is 2. The van der Waals surface area contributed by atoms with Crippen LogP contribution in [0.2, 0.25) is 0 Å². The molecule has 0 bridgehead atoms. The highest BCUT2D eigenvalue weighted by atomic mass is 16.6. The fraction of sp³-hybridized carbons (Fsp3) is 0.263. The largest absolute Gasteiger partial charge is 0.486 e. The van der Waals surface area contributed by atoms with E-state index in [0.29, 0.717) is 5.56 Å². The molecule has 0 fully saturated rings. The molecule has 1 amide bonds. The zero-order chi connectivity index (χ0) is 20.3. The molecule has 0 N–H and O–H groups in total. The highest BCUT2D eigenvalue weighted by Crippen LogP contribution is 2.37. The van der Waals surface area contributed by atoms with Crippen molar-refractivity contribution in [2.75, 3.05) is 27.3 Å². The van der Waals surface area contributed by atoms with Gasteiger partial charge in [0.05, 0.1) is 11.0 Å². The van der Waals surface area contributed by atoms with E-state index in [1.165, 1.54) is 25.1 Å². The Balaban J connectivity index is 1.98. The lowest BCUT2D eigenvalue weighted by Gasteiger charge is -2.22. The standard InChI is InChI=1S/C19H18N2O7/c1-20(2)18(22)17(12-6-4-3-5-7-12)28-19(23)13-10-15-16(27-9-8-26-15)11-14(13)21(24)25/h3-7,10-11,17H,8-9H2,1-2H3/t17-/m1/s1. The summed E-state index contributed by atoms with van der Waals surface area (Å²) in [6.45, 7) is 0.506. The van der Waals surface area contributed by atoms with Gasteiger partial charge in [-0.2, -0.15) is 0 Å². The van der Waals surface area contributed by atoms with Crippen molar-refractivity contribution >= 4 is 17.6 Å². The van der Waals surface area contributed by atoms with Crippen LogP contribution in [-0.4, -0.2) is 49.0 Å². The second-order valence-electron chi connectivity index (χ2n) is 6.20. The summed E-state index contributed by atoms with van der Waals surface area (Å²) in [7, 11) is 3.05. The van der Waals surface area contributed by atoms with Crippen LogP contribution in [0.25, 0.3) is 0 Å². The van der Waals surface area contributed by atoms with E-state index in [1.807, 2.05) is 0 Å². The molecule has 0 aromatic heterocycles. The van der Waals surface area contributed by atoms with Gasteiger partial charge in [-0.05, 0) is 0 Å². The minimum atomic E-state index is -1.24. The van der Waals surface area contributed by atoms with Gasteiger partial charge in [-0.25, -0.2) is 4.79 Å². The summed E-state index contributed by atoms with van der Waals surface area (Å²) in [4.78, 5) is 37.3. The molecule has 2 aromatic carbocycles. The summed E-state index contributed by atoms with van der Waals surface area (Å²) in [5, 5.41) is 11.4. The van der Waals surface area contributed by atoms with Crippen LogP contribution in [-0.2, 0) is 9.53 Å². The number of rotatable bonds is 5. The third-order valence-electron chi connectivity index (χ3n) is 4.07. The minimum absolute atomic E-state index is 0.179. The molecule has 0 radical (unpaired) electrons. The van der Waals surface area contributed by atoms with Gasteiger partial charge in [0, 0.05) is 25.7 Å². The molecule has 1 aliphatic rings. The number of hydrogen-bond acceptors (Lipinski definition) is 7. The molecule has 0 aliphatic carbocycles. The molecule has 9 heteroatoms. The number of fused-ring (bicyclic) bond motifs is 1. The van der Waals surface area contributed by atoms with Gasteiger partial charge in [0.1, 0.15) is 18.8 Å². The second kappa shape index (κ2) is 7.95. The van der Waals surface area contributed by atoms with Crippen LogP contribution in [0, 0.1) is 10.1 Å². The van der Waals surface area contributed by atoms with Crippen LogP contribution < -0.4 is 9.47 Å². The number of hydrogen-bond donors (Lipinski definition) is 0. The van der Waals surface area contributed by atoms with Crippen molar-refractivity contribution in [2.24, 2.45) is 0 Å². The molecule has 3 rings (SSSR count). The molecule has 0 spiro atoms. The molecule has 1 heterocycles. The summed E-state index contributed by atoms with van der Waals surface area (Å²) >= 11 is 0. The molecule has 9 nitrogen and oxygen atoms in total. The molecule has 1 atom stereocenters. The van der Waals surface area contributed by atoms with Gasteiger partial charge >= 0.3 is 5.97 Å². The highest BCUT2D eigenvalue weighted by molar-refractivity contribution is 5.97. The molecular weight excluding hydrogens is 368 g/mol. The van der Waals surface area contributed by atoms with Gasteiger partial charge in [0.25, 0.3) is 11.6 Å². The normalized spacial score (nSPS) is 13.4. The van der Waals surface area contributed by atoms with Crippen LogP contribution in [0.15, 0.2) is 42.5 Å². The smallest absolute Gasteiger partial charge is 0.346 e. The molecule has 146 valence electrons. The molecular formula is C19H18N2O7. The maximum Gasteiger partial charge on any atom is 0.346 e. The summed E-state index contributed by atoms with van der Waals surface area (Å²) in [6.07, 6.45) is -1.24. The summed E-state index contributed by atoms with van der Waals surface area (Å²) in [6, 6.07) is 10.8. The highest BCUT2D eigenvalue weighted by Gasteiger charge is 2.32. The fourth-order valence-corrected chi connectivity index (χ4v) is 2.69. The van der Waals surface area contributed by atoms with Crippen molar-refractivity contribution in [1.29, 1.82) is 0 Å². The predicted octanol–water partition coefficient (Wildman–Crippen LogP) is 2.35. The second-order valence-corrected chi connectivity index (χ2v) is 6.20.